The van der Waals surface area contributed by atoms with Crippen LogP contribution in [0.25, 0.3) is 0 Å². The molecule has 1 aliphatic heterocycles. The highest BCUT2D eigenvalue weighted by Crippen LogP contribution is 2.37. The van der Waals surface area contributed by atoms with E-state index in [1.807, 2.05) is 0 Å². The average molecular weight is 270 g/mol. The predicted octanol–water partition coefficient (Wildman–Crippen LogP) is 3.38. The molecule has 1 heterocycles. The van der Waals surface area contributed by atoms with Gasteiger partial charge in [0.15, 0.2) is 0 Å². The Bertz CT molecular complexity index is 438. The molecule has 2 heteroatoms. The van der Waals surface area contributed by atoms with Gasteiger partial charge in [-0.3, -0.25) is 4.90 Å². The molecule has 2 aliphatic rings. The standard InChI is InChI=1S/C18H26N2/c1-3-7-14(2)20-13-17(15-10-11-15)19-12-18(20)16-8-5-4-6-9-16/h3-6,8-9,14-15,17-19H,1,7,10-13H2,2H3. The molecule has 0 spiro atoms. The molecule has 1 saturated carbocycles. The Balaban J connectivity index is 1.78. The van der Waals surface area contributed by atoms with E-state index in [4.69, 9.17) is 0 Å². The van der Waals surface area contributed by atoms with E-state index in [9.17, 15) is 0 Å². The van der Waals surface area contributed by atoms with Crippen LogP contribution in [-0.4, -0.2) is 30.1 Å². The molecule has 0 aromatic heterocycles. The molecule has 0 bridgehead atoms. The molecular weight excluding hydrogens is 244 g/mol. The van der Waals surface area contributed by atoms with Gasteiger partial charge >= 0.3 is 0 Å². The first-order valence-electron chi connectivity index (χ1n) is 7.94. The van der Waals surface area contributed by atoms with Gasteiger partial charge in [0.2, 0.25) is 0 Å². The molecule has 1 N–H and O–H groups in total. The first kappa shape index (κ1) is 13.8. The Hall–Kier alpha value is -1.12. The Kier molecular flexibility index (Phi) is 4.23. The summed E-state index contributed by atoms with van der Waals surface area (Å²) in [5.74, 6) is 0.921. The van der Waals surface area contributed by atoms with E-state index in [1.165, 1.54) is 24.9 Å². The van der Waals surface area contributed by atoms with Crippen molar-refractivity contribution in [2.45, 2.75) is 44.3 Å². The second-order valence-electron chi connectivity index (χ2n) is 6.35. The second kappa shape index (κ2) is 6.11. The summed E-state index contributed by atoms with van der Waals surface area (Å²) in [7, 11) is 0. The topological polar surface area (TPSA) is 15.3 Å². The number of piperazine rings is 1. The van der Waals surface area contributed by atoms with E-state index >= 15 is 0 Å². The molecule has 3 rings (SSSR count). The number of nitrogens with one attached hydrogen (secondary N) is 1. The highest BCUT2D eigenvalue weighted by molar-refractivity contribution is 5.21. The molecule has 20 heavy (non-hydrogen) atoms. The Morgan fingerprint density at radius 3 is 2.75 bits per heavy atom. The minimum atomic E-state index is 0.501. The Morgan fingerprint density at radius 2 is 2.10 bits per heavy atom. The van der Waals surface area contributed by atoms with Crippen molar-refractivity contribution in [2.75, 3.05) is 13.1 Å². The third kappa shape index (κ3) is 2.97. The summed E-state index contributed by atoms with van der Waals surface area (Å²) in [4.78, 5) is 2.69. The predicted molar refractivity (Wildman–Crippen MR) is 84.7 cm³/mol. The minimum Gasteiger partial charge on any atom is -0.311 e. The average Bonchev–Trinajstić information content (AvgIpc) is 3.32. The zero-order valence-electron chi connectivity index (χ0n) is 12.5. The molecule has 108 valence electrons. The van der Waals surface area contributed by atoms with Crippen LogP contribution in [-0.2, 0) is 0 Å². The molecule has 1 aliphatic carbocycles. The summed E-state index contributed by atoms with van der Waals surface area (Å²) in [6, 6.07) is 12.7. The quantitative estimate of drug-likeness (QED) is 0.825. The monoisotopic (exact) mass is 270 g/mol. The van der Waals surface area contributed by atoms with Crippen LogP contribution in [0.5, 0.6) is 0 Å². The van der Waals surface area contributed by atoms with Crippen LogP contribution in [0.1, 0.15) is 37.8 Å². The second-order valence-corrected chi connectivity index (χ2v) is 6.35. The van der Waals surface area contributed by atoms with Gasteiger partial charge in [-0.1, -0.05) is 36.4 Å². The van der Waals surface area contributed by atoms with E-state index in [1.54, 1.807) is 0 Å². The molecule has 3 atom stereocenters. The van der Waals surface area contributed by atoms with Gasteiger partial charge in [0.05, 0.1) is 0 Å². The van der Waals surface area contributed by atoms with Crippen molar-refractivity contribution < 1.29 is 0 Å². The first-order chi connectivity index (χ1) is 9.79. The summed E-state index contributed by atoms with van der Waals surface area (Å²) in [6.07, 6.45) is 5.95. The highest BCUT2D eigenvalue weighted by Gasteiger charge is 2.38. The largest absolute Gasteiger partial charge is 0.311 e. The molecule has 1 saturated heterocycles. The zero-order valence-corrected chi connectivity index (χ0v) is 12.5. The lowest BCUT2D eigenvalue weighted by molar-refractivity contribution is 0.0837. The van der Waals surface area contributed by atoms with Crippen LogP contribution >= 0.6 is 0 Å². The maximum absolute atomic E-state index is 3.92. The normalized spacial score (nSPS) is 29.1. The minimum absolute atomic E-state index is 0.501. The molecule has 2 fully saturated rings. The number of benzene rings is 1. The van der Waals surface area contributed by atoms with Gasteiger partial charge in [0.25, 0.3) is 0 Å². The molecule has 2 nitrogen and oxygen atoms in total. The molecular formula is C18H26N2. The van der Waals surface area contributed by atoms with Gasteiger partial charge in [0, 0.05) is 31.2 Å². The van der Waals surface area contributed by atoms with Crippen molar-refractivity contribution in [3.63, 3.8) is 0 Å². The van der Waals surface area contributed by atoms with E-state index in [2.05, 4.69) is 60.1 Å². The lowest BCUT2D eigenvalue weighted by Gasteiger charge is -2.44. The van der Waals surface area contributed by atoms with Crippen molar-refractivity contribution >= 4 is 0 Å². The van der Waals surface area contributed by atoms with Crippen LogP contribution in [0, 0.1) is 5.92 Å². The van der Waals surface area contributed by atoms with Crippen LogP contribution in [0.2, 0.25) is 0 Å². The summed E-state index contributed by atoms with van der Waals surface area (Å²) < 4.78 is 0. The maximum Gasteiger partial charge on any atom is 0.0476 e. The molecule has 3 unspecified atom stereocenters. The smallest absolute Gasteiger partial charge is 0.0476 e. The number of hydrogen-bond acceptors (Lipinski definition) is 2. The maximum atomic E-state index is 3.92. The fourth-order valence-corrected chi connectivity index (χ4v) is 3.46. The van der Waals surface area contributed by atoms with Gasteiger partial charge in [-0.05, 0) is 37.7 Å². The summed E-state index contributed by atoms with van der Waals surface area (Å²) in [5, 5.41) is 3.79. The molecule has 0 radical (unpaired) electrons. The van der Waals surface area contributed by atoms with Crippen molar-refractivity contribution in [1.82, 2.24) is 10.2 Å². The highest BCUT2D eigenvalue weighted by atomic mass is 15.3. The molecule has 1 aromatic rings. The van der Waals surface area contributed by atoms with Gasteiger partial charge < -0.3 is 5.32 Å². The van der Waals surface area contributed by atoms with Crippen LogP contribution in [0.3, 0.4) is 0 Å². The summed E-state index contributed by atoms with van der Waals surface area (Å²) in [5.41, 5.74) is 1.44. The third-order valence-corrected chi connectivity index (χ3v) is 4.83. The number of hydrogen-bond donors (Lipinski definition) is 1. The SMILES string of the molecule is C=CCC(C)N1CC(C2CC2)NCC1c1ccccc1. The van der Waals surface area contributed by atoms with Crippen LogP contribution in [0.4, 0.5) is 0 Å². The molecule has 1 aromatic carbocycles. The fourth-order valence-electron chi connectivity index (χ4n) is 3.46. The number of rotatable bonds is 5. The summed E-state index contributed by atoms with van der Waals surface area (Å²) >= 11 is 0. The van der Waals surface area contributed by atoms with Crippen LogP contribution < -0.4 is 5.32 Å². The van der Waals surface area contributed by atoms with E-state index < -0.39 is 0 Å². The lowest BCUT2D eigenvalue weighted by atomic mass is 9.96. The Labute approximate surface area is 122 Å². The van der Waals surface area contributed by atoms with Crippen LogP contribution in [0.15, 0.2) is 43.0 Å². The number of nitrogens with zero attached hydrogens (tertiary/aromatic N) is 1. The van der Waals surface area contributed by atoms with Crippen molar-refractivity contribution in [1.29, 1.82) is 0 Å². The third-order valence-electron chi connectivity index (χ3n) is 4.83. The van der Waals surface area contributed by atoms with Gasteiger partial charge in [-0.15, -0.1) is 6.58 Å². The van der Waals surface area contributed by atoms with Gasteiger partial charge in [-0.25, -0.2) is 0 Å². The Morgan fingerprint density at radius 1 is 1.35 bits per heavy atom. The zero-order chi connectivity index (χ0) is 13.9. The van der Waals surface area contributed by atoms with Gasteiger partial charge in [-0.2, -0.15) is 0 Å². The van der Waals surface area contributed by atoms with Crippen molar-refractivity contribution in [3.05, 3.63) is 48.6 Å². The van der Waals surface area contributed by atoms with Crippen molar-refractivity contribution in [2.24, 2.45) is 5.92 Å². The van der Waals surface area contributed by atoms with E-state index in [-0.39, 0.29) is 0 Å². The van der Waals surface area contributed by atoms with Gasteiger partial charge in [0.1, 0.15) is 0 Å². The first-order valence-corrected chi connectivity index (χ1v) is 7.94. The fraction of sp³-hybridized carbons (Fsp3) is 0.556. The van der Waals surface area contributed by atoms with Crippen molar-refractivity contribution in [3.8, 4) is 0 Å². The lowest BCUT2D eigenvalue weighted by Crippen LogP contribution is -2.55. The van der Waals surface area contributed by atoms with E-state index in [0.717, 1.165) is 18.9 Å². The molecule has 0 amide bonds. The van der Waals surface area contributed by atoms with E-state index in [0.29, 0.717) is 18.1 Å². The summed E-state index contributed by atoms with van der Waals surface area (Å²) in [6.45, 7) is 8.51.